The zero-order valence-electron chi connectivity index (χ0n) is 11.5. The van der Waals surface area contributed by atoms with Crippen molar-refractivity contribution in [1.82, 2.24) is 10.6 Å². The molecule has 1 heterocycles. The van der Waals surface area contributed by atoms with E-state index >= 15 is 0 Å². The summed E-state index contributed by atoms with van der Waals surface area (Å²) in [6.45, 7) is 1.82. The number of rotatable bonds is 3. The summed E-state index contributed by atoms with van der Waals surface area (Å²) >= 11 is 6.85. The highest BCUT2D eigenvalue weighted by atomic mass is 32.2. The molecule has 0 saturated heterocycles. The fraction of sp³-hybridized carbons (Fsp3) is 0.286. The van der Waals surface area contributed by atoms with Crippen LogP contribution in [0.3, 0.4) is 0 Å². The third-order valence-electron chi connectivity index (χ3n) is 3.12. The Morgan fingerprint density at radius 1 is 1.35 bits per heavy atom. The van der Waals surface area contributed by atoms with Gasteiger partial charge in [-0.05, 0) is 43.1 Å². The van der Waals surface area contributed by atoms with Crippen LogP contribution < -0.4 is 10.6 Å². The zero-order chi connectivity index (χ0) is 14.7. The molecule has 2 rings (SSSR count). The number of carbonyl (C=O) groups excluding carboxylic acids is 1. The molecule has 0 fully saturated rings. The van der Waals surface area contributed by atoms with Crippen LogP contribution in [0.1, 0.15) is 18.5 Å². The number of hydrogen-bond acceptors (Lipinski definition) is 4. The van der Waals surface area contributed by atoms with E-state index in [1.54, 1.807) is 11.8 Å². The maximum atomic E-state index is 12.0. The molecule has 1 aromatic rings. The standard InChI is InChI=1S/C14H16N2O2S2/c1-8-11(13(17)18-2)12(16-14(19)15-8)9-4-6-10(20-3)7-5-9/h4-7,12H,1-3H3,(H2,15,16,19). The Kier molecular flexibility index (Phi) is 4.67. The van der Waals surface area contributed by atoms with Crippen LogP contribution in [0, 0.1) is 0 Å². The lowest BCUT2D eigenvalue weighted by Crippen LogP contribution is -2.45. The first-order chi connectivity index (χ1) is 9.56. The van der Waals surface area contributed by atoms with Gasteiger partial charge in [0, 0.05) is 10.6 Å². The highest BCUT2D eigenvalue weighted by Gasteiger charge is 2.30. The number of allylic oxidation sites excluding steroid dienone is 1. The quantitative estimate of drug-likeness (QED) is 0.508. The normalized spacial score (nSPS) is 18.4. The molecule has 1 aromatic carbocycles. The van der Waals surface area contributed by atoms with Crippen LogP contribution in [0.4, 0.5) is 0 Å². The lowest BCUT2D eigenvalue weighted by atomic mass is 9.96. The topological polar surface area (TPSA) is 50.4 Å². The van der Waals surface area contributed by atoms with Gasteiger partial charge in [0.1, 0.15) is 0 Å². The van der Waals surface area contributed by atoms with E-state index in [-0.39, 0.29) is 12.0 Å². The number of benzene rings is 1. The summed E-state index contributed by atoms with van der Waals surface area (Å²) in [6, 6.07) is 7.75. The number of esters is 1. The van der Waals surface area contributed by atoms with Gasteiger partial charge < -0.3 is 15.4 Å². The molecule has 0 radical (unpaired) electrons. The Hall–Kier alpha value is -1.53. The Balaban J connectivity index is 2.42. The number of thiocarbonyl (C=S) groups is 1. The lowest BCUT2D eigenvalue weighted by Gasteiger charge is -2.29. The first kappa shape index (κ1) is 14.9. The van der Waals surface area contributed by atoms with E-state index in [9.17, 15) is 4.79 Å². The third kappa shape index (κ3) is 2.96. The van der Waals surface area contributed by atoms with Crippen molar-refractivity contribution in [1.29, 1.82) is 0 Å². The van der Waals surface area contributed by atoms with E-state index in [0.717, 1.165) is 11.3 Å². The first-order valence-electron chi connectivity index (χ1n) is 6.07. The second kappa shape index (κ2) is 6.28. The zero-order valence-corrected chi connectivity index (χ0v) is 13.2. The van der Waals surface area contributed by atoms with Gasteiger partial charge in [-0.1, -0.05) is 12.1 Å². The maximum absolute atomic E-state index is 12.0. The highest BCUT2D eigenvalue weighted by molar-refractivity contribution is 7.98. The molecule has 4 nitrogen and oxygen atoms in total. The average Bonchev–Trinajstić information content (AvgIpc) is 2.46. The van der Waals surface area contributed by atoms with Gasteiger partial charge in [0.25, 0.3) is 0 Å². The number of thioether (sulfide) groups is 1. The van der Waals surface area contributed by atoms with Crippen molar-refractivity contribution in [3.63, 3.8) is 0 Å². The van der Waals surface area contributed by atoms with Crippen molar-refractivity contribution in [3.05, 3.63) is 41.1 Å². The van der Waals surface area contributed by atoms with Gasteiger partial charge in [-0.25, -0.2) is 4.79 Å². The second-order valence-corrected chi connectivity index (χ2v) is 5.62. The molecule has 0 spiro atoms. The summed E-state index contributed by atoms with van der Waals surface area (Å²) in [4.78, 5) is 13.2. The molecule has 1 atom stereocenters. The van der Waals surface area contributed by atoms with Gasteiger partial charge in [-0.2, -0.15) is 0 Å². The van der Waals surface area contributed by atoms with Crippen molar-refractivity contribution in [3.8, 4) is 0 Å². The van der Waals surface area contributed by atoms with Crippen molar-refractivity contribution < 1.29 is 9.53 Å². The molecular formula is C14H16N2O2S2. The predicted octanol–water partition coefficient (Wildman–Crippen LogP) is 2.37. The van der Waals surface area contributed by atoms with E-state index in [0.29, 0.717) is 10.7 Å². The monoisotopic (exact) mass is 308 g/mol. The van der Waals surface area contributed by atoms with Gasteiger partial charge in [-0.15, -0.1) is 11.8 Å². The van der Waals surface area contributed by atoms with E-state index in [1.807, 2.05) is 37.4 Å². The number of carbonyl (C=O) groups is 1. The smallest absolute Gasteiger partial charge is 0.337 e. The van der Waals surface area contributed by atoms with Crippen molar-refractivity contribution in [2.24, 2.45) is 0 Å². The second-order valence-electron chi connectivity index (χ2n) is 4.33. The molecule has 1 aliphatic rings. The molecule has 1 unspecified atom stereocenters. The van der Waals surface area contributed by atoms with Crippen LogP contribution in [-0.4, -0.2) is 24.4 Å². The minimum Gasteiger partial charge on any atom is -0.466 e. The van der Waals surface area contributed by atoms with E-state index < -0.39 is 0 Å². The fourth-order valence-corrected chi connectivity index (χ4v) is 2.80. The van der Waals surface area contributed by atoms with Gasteiger partial charge >= 0.3 is 5.97 Å². The maximum Gasteiger partial charge on any atom is 0.337 e. The van der Waals surface area contributed by atoms with Crippen LogP contribution in [0.2, 0.25) is 0 Å². The molecular weight excluding hydrogens is 292 g/mol. The summed E-state index contributed by atoms with van der Waals surface area (Å²) in [7, 11) is 1.38. The summed E-state index contributed by atoms with van der Waals surface area (Å²) in [5, 5.41) is 6.59. The minimum absolute atomic E-state index is 0.285. The highest BCUT2D eigenvalue weighted by Crippen LogP contribution is 2.28. The van der Waals surface area contributed by atoms with Crippen molar-refractivity contribution >= 4 is 35.1 Å². The Bertz CT molecular complexity index is 567. The molecule has 6 heteroatoms. The minimum atomic E-state index is -0.357. The summed E-state index contributed by atoms with van der Waals surface area (Å²) in [5.41, 5.74) is 2.25. The Labute approximate surface area is 128 Å². The molecule has 0 aromatic heterocycles. The predicted molar refractivity (Wildman–Crippen MR) is 84.5 cm³/mol. The molecule has 0 aliphatic carbocycles. The summed E-state index contributed by atoms with van der Waals surface area (Å²) < 4.78 is 4.87. The van der Waals surface area contributed by atoms with Crippen molar-refractivity contribution in [2.45, 2.75) is 17.9 Å². The van der Waals surface area contributed by atoms with Crippen LogP contribution in [0.25, 0.3) is 0 Å². The van der Waals surface area contributed by atoms with Gasteiger partial charge in [0.2, 0.25) is 0 Å². The van der Waals surface area contributed by atoms with Crippen LogP contribution in [0.15, 0.2) is 40.4 Å². The van der Waals surface area contributed by atoms with Crippen LogP contribution >= 0.6 is 24.0 Å². The lowest BCUT2D eigenvalue weighted by molar-refractivity contribution is -0.136. The molecule has 0 amide bonds. The largest absolute Gasteiger partial charge is 0.466 e. The van der Waals surface area contributed by atoms with Crippen molar-refractivity contribution in [2.75, 3.05) is 13.4 Å². The average molecular weight is 308 g/mol. The van der Waals surface area contributed by atoms with E-state index in [2.05, 4.69) is 10.6 Å². The van der Waals surface area contributed by atoms with E-state index in [1.165, 1.54) is 12.0 Å². The molecule has 106 valence electrons. The summed E-state index contributed by atoms with van der Waals surface area (Å²) in [5.74, 6) is -0.357. The number of ether oxygens (including phenoxy) is 1. The van der Waals surface area contributed by atoms with Crippen LogP contribution in [0.5, 0.6) is 0 Å². The fourth-order valence-electron chi connectivity index (χ4n) is 2.12. The molecule has 2 N–H and O–H groups in total. The number of nitrogens with one attached hydrogen (secondary N) is 2. The number of methoxy groups -OCH3 is 1. The van der Waals surface area contributed by atoms with Gasteiger partial charge in [-0.3, -0.25) is 0 Å². The Morgan fingerprint density at radius 3 is 2.55 bits per heavy atom. The number of hydrogen-bond donors (Lipinski definition) is 2. The molecule has 0 saturated carbocycles. The van der Waals surface area contributed by atoms with Gasteiger partial charge in [0.15, 0.2) is 5.11 Å². The summed E-state index contributed by atoms with van der Waals surface area (Å²) in [6.07, 6.45) is 2.02. The first-order valence-corrected chi connectivity index (χ1v) is 7.70. The molecule has 20 heavy (non-hydrogen) atoms. The molecule has 0 bridgehead atoms. The Morgan fingerprint density at radius 2 is 2.00 bits per heavy atom. The molecule has 1 aliphatic heterocycles. The third-order valence-corrected chi connectivity index (χ3v) is 4.09. The SMILES string of the molecule is COC(=O)C1=C(C)NC(=S)NC1c1ccc(SC)cc1. The van der Waals surface area contributed by atoms with E-state index in [4.69, 9.17) is 17.0 Å². The van der Waals surface area contributed by atoms with Gasteiger partial charge in [0.05, 0.1) is 18.7 Å². The van der Waals surface area contributed by atoms with Crippen LogP contribution in [-0.2, 0) is 9.53 Å².